The highest BCUT2D eigenvalue weighted by Crippen LogP contribution is 2.30. The number of carbonyl (C=O) groups excluding carboxylic acids is 1. The Kier molecular flexibility index (Phi) is 3.88. The number of aliphatic hydroxyl groups excluding tert-OH is 1. The lowest BCUT2D eigenvalue weighted by Gasteiger charge is -2.22. The number of aryl methyl sites for hydroxylation is 1. The summed E-state index contributed by atoms with van der Waals surface area (Å²) in [5.74, 6) is 0.0169. The summed E-state index contributed by atoms with van der Waals surface area (Å²) in [6, 6.07) is 7.84. The van der Waals surface area contributed by atoms with Gasteiger partial charge in [-0.2, -0.15) is 0 Å². The average Bonchev–Trinajstić information content (AvgIpc) is 2.97. The van der Waals surface area contributed by atoms with Crippen LogP contribution < -0.4 is 0 Å². The molecule has 1 aromatic carbocycles. The Morgan fingerprint density at radius 1 is 1.33 bits per heavy atom. The number of nitrogens with zero attached hydrogens (tertiary/aromatic N) is 2. The minimum Gasteiger partial charge on any atom is -0.395 e. The Hall–Kier alpha value is -1.94. The van der Waals surface area contributed by atoms with Crippen molar-refractivity contribution in [1.29, 1.82) is 0 Å². The fraction of sp³-hybridized carbons (Fsp3) is 0.412. The summed E-state index contributed by atoms with van der Waals surface area (Å²) >= 11 is 0. The molecule has 4 heteroatoms. The van der Waals surface area contributed by atoms with Crippen LogP contribution in [0.5, 0.6) is 0 Å². The van der Waals surface area contributed by atoms with Gasteiger partial charge in [-0.25, -0.2) is 0 Å². The van der Waals surface area contributed by atoms with Crippen molar-refractivity contribution in [3.05, 3.63) is 41.1 Å². The predicted octanol–water partition coefficient (Wildman–Crippen LogP) is 2.18. The highest BCUT2D eigenvalue weighted by molar-refractivity contribution is 6.07. The third-order valence-corrected chi connectivity index (χ3v) is 4.17. The van der Waals surface area contributed by atoms with Crippen molar-refractivity contribution in [2.24, 2.45) is 0 Å². The summed E-state index contributed by atoms with van der Waals surface area (Å²) < 4.78 is 0. The highest BCUT2D eigenvalue weighted by Gasteiger charge is 2.26. The first-order valence-electron chi connectivity index (χ1n) is 7.57. The molecule has 0 saturated heterocycles. The van der Waals surface area contributed by atoms with E-state index in [2.05, 4.69) is 0 Å². The molecule has 0 atom stereocenters. The molecule has 0 fully saturated rings. The SMILES string of the molecule is CCN(CCO)C(=O)c1c2c(nc3ccccc13)CCC2. The lowest BCUT2D eigenvalue weighted by molar-refractivity contribution is 0.0733. The first-order valence-corrected chi connectivity index (χ1v) is 7.57. The largest absolute Gasteiger partial charge is 0.395 e. The van der Waals surface area contributed by atoms with Crippen molar-refractivity contribution in [1.82, 2.24) is 9.88 Å². The van der Waals surface area contributed by atoms with Crippen molar-refractivity contribution < 1.29 is 9.90 Å². The molecule has 0 bridgehead atoms. The first kappa shape index (κ1) is 14.0. The average molecular weight is 284 g/mol. The van der Waals surface area contributed by atoms with Gasteiger partial charge < -0.3 is 10.0 Å². The third kappa shape index (κ3) is 2.40. The van der Waals surface area contributed by atoms with Gasteiger partial charge in [-0.05, 0) is 37.8 Å². The summed E-state index contributed by atoms with van der Waals surface area (Å²) in [6.45, 7) is 2.91. The van der Waals surface area contributed by atoms with Crippen molar-refractivity contribution in [3.8, 4) is 0 Å². The van der Waals surface area contributed by atoms with E-state index >= 15 is 0 Å². The van der Waals surface area contributed by atoms with E-state index in [0.29, 0.717) is 13.1 Å². The number of aliphatic hydroxyl groups is 1. The van der Waals surface area contributed by atoms with E-state index in [1.54, 1.807) is 4.90 Å². The summed E-state index contributed by atoms with van der Waals surface area (Å²) in [6.07, 6.45) is 2.93. The second kappa shape index (κ2) is 5.82. The maximum Gasteiger partial charge on any atom is 0.254 e. The van der Waals surface area contributed by atoms with E-state index in [0.717, 1.165) is 47.0 Å². The Balaban J connectivity index is 2.18. The molecule has 21 heavy (non-hydrogen) atoms. The van der Waals surface area contributed by atoms with Gasteiger partial charge in [0.05, 0.1) is 17.7 Å². The Bertz CT molecular complexity index is 682. The van der Waals surface area contributed by atoms with Gasteiger partial charge in [0.15, 0.2) is 0 Å². The Labute approximate surface area is 124 Å². The molecule has 1 amide bonds. The number of aromatic nitrogens is 1. The molecular formula is C17H20N2O2. The summed E-state index contributed by atoms with van der Waals surface area (Å²) in [7, 11) is 0. The maximum absolute atomic E-state index is 12.9. The molecule has 110 valence electrons. The summed E-state index contributed by atoms with van der Waals surface area (Å²) in [5.41, 5.74) is 3.86. The zero-order valence-electron chi connectivity index (χ0n) is 12.3. The number of pyridine rings is 1. The van der Waals surface area contributed by atoms with E-state index < -0.39 is 0 Å². The fourth-order valence-electron chi connectivity index (χ4n) is 3.14. The van der Waals surface area contributed by atoms with Crippen molar-refractivity contribution in [2.75, 3.05) is 19.7 Å². The monoisotopic (exact) mass is 284 g/mol. The van der Waals surface area contributed by atoms with Crippen LogP contribution >= 0.6 is 0 Å². The first-order chi connectivity index (χ1) is 10.3. The molecule has 2 aromatic rings. The van der Waals surface area contributed by atoms with Gasteiger partial charge in [0.1, 0.15) is 0 Å². The van der Waals surface area contributed by atoms with Crippen molar-refractivity contribution >= 4 is 16.8 Å². The van der Waals surface area contributed by atoms with Crippen LogP contribution in [-0.4, -0.2) is 40.6 Å². The van der Waals surface area contributed by atoms with Crippen LogP contribution in [0, 0.1) is 0 Å². The molecule has 1 aliphatic rings. The molecule has 3 rings (SSSR count). The molecule has 1 N–H and O–H groups in total. The zero-order chi connectivity index (χ0) is 14.8. The van der Waals surface area contributed by atoms with E-state index in [-0.39, 0.29) is 12.5 Å². The number of para-hydroxylation sites is 1. The molecule has 1 heterocycles. The van der Waals surface area contributed by atoms with Gasteiger partial charge >= 0.3 is 0 Å². The van der Waals surface area contributed by atoms with Gasteiger partial charge in [-0.1, -0.05) is 18.2 Å². The third-order valence-electron chi connectivity index (χ3n) is 4.17. The van der Waals surface area contributed by atoms with Crippen molar-refractivity contribution in [2.45, 2.75) is 26.2 Å². The zero-order valence-corrected chi connectivity index (χ0v) is 12.3. The minimum absolute atomic E-state index is 0.00914. The maximum atomic E-state index is 12.9. The van der Waals surface area contributed by atoms with Crippen LogP contribution in [0.3, 0.4) is 0 Å². The van der Waals surface area contributed by atoms with Crippen LogP contribution in [0.4, 0.5) is 0 Å². The molecule has 0 spiro atoms. The Morgan fingerprint density at radius 3 is 2.90 bits per heavy atom. The van der Waals surface area contributed by atoms with E-state index in [4.69, 9.17) is 10.1 Å². The van der Waals surface area contributed by atoms with Gasteiger partial charge in [0.2, 0.25) is 0 Å². The predicted molar refractivity (Wildman–Crippen MR) is 82.4 cm³/mol. The van der Waals surface area contributed by atoms with Gasteiger partial charge in [-0.3, -0.25) is 9.78 Å². The summed E-state index contributed by atoms with van der Waals surface area (Å²) in [5, 5.41) is 10.1. The van der Waals surface area contributed by atoms with Crippen LogP contribution in [0.15, 0.2) is 24.3 Å². The number of amides is 1. The normalized spacial score (nSPS) is 13.4. The molecule has 1 aromatic heterocycles. The van der Waals surface area contributed by atoms with E-state index in [1.807, 2.05) is 31.2 Å². The molecule has 0 saturated carbocycles. The molecule has 4 nitrogen and oxygen atoms in total. The van der Waals surface area contributed by atoms with Gasteiger partial charge in [0.25, 0.3) is 5.91 Å². The number of hydrogen-bond donors (Lipinski definition) is 1. The molecule has 0 unspecified atom stereocenters. The van der Waals surface area contributed by atoms with E-state index in [9.17, 15) is 4.79 Å². The second-order valence-electron chi connectivity index (χ2n) is 5.39. The number of fused-ring (bicyclic) bond motifs is 2. The second-order valence-corrected chi connectivity index (χ2v) is 5.39. The number of likely N-dealkylation sites (N-methyl/N-ethyl adjacent to an activating group) is 1. The Morgan fingerprint density at radius 2 is 2.14 bits per heavy atom. The van der Waals surface area contributed by atoms with Gasteiger partial charge in [0, 0.05) is 24.2 Å². The fourth-order valence-corrected chi connectivity index (χ4v) is 3.14. The topological polar surface area (TPSA) is 53.4 Å². The quantitative estimate of drug-likeness (QED) is 0.936. The molecule has 0 radical (unpaired) electrons. The van der Waals surface area contributed by atoms with Crippen molar-refractivity contribution in [3.63, 3.8) is 0 Å². The van der Waals surface area contributed by atoms with Crippen LogP contribution in [0.2, 0.25) is 0 Å². The highest BCUT2D eigenvalue weighted by atomic mass is 16.3. The number of rotatable bonds is 4. The summed E-state index contributed by atoms with van der Waals surface area (Å²) in [4.78, 5) is 19.3. The molecular weight excluding hydrogens is 264 g/mol. The van der Waals surface area contributed by atoms with Crippen LogP contribution in [0.25, 0.3) is 10.9 Å². The lowest BCUT2D eigenvalue weighted by Crippen LogP contribution is -2.34. The standard InChI is InChI=1S/C17H20N2O2/c1-2-19(10-11-20)17(21)16-12-6-3-4-8-14(12)18-15-9-5-7-13(15)16/h3-4,6,8,20H,2,5,7,9-11H2,1H3. The molecule has 1 aliphatic carbocycles. The lowest BCUT2D eigenvalue weighted by atomic mass is 10.00. The van der Waals surface area contributed by atoms with Crippen LogP contribution in [-0.2, 0) is 12.8 Å². The number of benzene rings is 1. The minimum atomic E-state index is -0.00914. The van der Waals surface area contributed by atoms with E-state index in [1.165, 1.54) is 0 Å². The smallest absolute Gasteiger partial charge is 0.254 e. The number of carbonyl (C=O) groups is 1. The number of hydrogen-bond acceptors (Lipinski definition) is 3. The van der Waals surface area contributed by atoms with Crippen LogP contribution in [0.1, 0.15) is 35.0 Å². The van der Waals surface area contributed by atoms with Gasteiger partial charge in [-0.15, -0.1) is 0 Å². The molecule has 0 aliphatic heterocycles.